The number of aliphatic hydroxyl groups excluding tert-OH is 1. The van der Waals surface area contributed by atoms with E-state index >= 15 is 0 Å². The predicted molar refractivity (Wildman–Crippen MR) is 136 cm³/mol. The minimum atomic E-state index is -0.176. The molecule has 1 N–H and O–H groups in total. The van der Waals surface area contributed by atoms with Crippen LogP contribution in [0.3, 0.4) is 0 Å². The summed E-state index contributed by atoms with van der Waals surface area (Å²) >= 11 is 0. The highest BCUT2D eigenvalue weighted by Crippen LogP contribution is 2.49. The Morgan fingerprint density at radius 1 is 1.06 bits per heavy atom. The average Bonchev–Trinajstić information content (AvgIpc) is 3.45. The van der Waals surface area contributed by atoms with E-state index in [9.17, 15) is 14.7 Å². The maximum atomic E-state index is 13.4. The van der Waals surface area contributed by atoms with Crippen molar-refractivity contribution in [3.63, 3.8) is 0 Å². The Morgan fingerprint density at radius 3 is 2.40 bits per heavy atom. The van der Waals surface area contributed by atoms with Gasteiger partial charge in [-0.2, -0.15) is 0 Å². The normalized spacial score (nSPS) is 20.7. The Hall–Kier alpha value is -2.64. The highest BCUT2D eigenvalue weighted by atomic mass is 16.5. The first-order valence-corrected chi connectivity index (χ1v) is 12.8. The Balaban J connectivity index is 0.00000304. The van der Waals surface area contributed by atoms with E-state index in [4.69, 9.17) is 4.74 Å². The van der Waals surface area contributed by atoms with Gasteiger partial charge >= 0.3 is 0 Å². The molecule has 1 aliphatic carbocycles. The van der Waals surface area contributed by atoms with Gasteiger partial charge in [-0.3, -0.25) is 14.5 Å². The molecular weight excluding hydrogens is 442 g/mol. The molecule has 0 atom stereocenters. The number of ketones is 1. The molecule has 1 spiro atoms. The lowest BCUT2D eigenvalue weighted by atomic mass is 9.81. The lowest BCUT2D eigenvalue weighted by Crippen LogP contribution is -2.56. The van der Waals surface area contributed by atoms with Gasteiger partial charge in [0.1, 0.15) is 5.75 Å². The van der Waals surface area contributed by atoms with Crippen LogP contribution in [-0.2, 0) is 18.7 Å². The van der Waals surface area contributed by atoms with E-state index in [1.54, 1.807) is 18.2 Å². The molecule has 3 aliphatic rings. The van der Waals surface area contributed by atoms with Crippen molar-refractivity contribution in [1.82, 2.24) is 14.4 Å². The molecule has 1 saturated carbocycles. The number of carbonyl (C=O) groups excluding carboxylic acids is 2. The second-order valence-electron chi connectivity index (χ2n) is 11.0. The van der Waals surface area contributed by atoms with Gasteiger partial charge in [0.25, 0.3) is 5.91 Å². The number of fused-ring (bicyclic) bond motifs is 2. The fourth-order valence-corrected chi connectivity index (χ4v) is 5.80. The first-order valence-electron chi connectivity index (χ1n) is 12.8. The van der Waals surface area contributed by atoms with Crippen molar-refractivity contribution in [3.05, 3.63) is 52.8 Å². The summed E-state index contributed by atoms with van der Waals surface area (Å²) in [6.45, 7) is 8.80. The number of likely N-dealkylation sites (tertiary alicyclic amines) is 1. The third-order valence-electron chi connectivity index (χ3n) is 8.35. The molecule has 7 nitrogen and oxygen atoms in total. The fraction of sp³-hybridized carbons (Fsp3) is 0.571. The Kier molecular flexibility index (Phi) is 6.04. The first kappa shape index (κ1) is 24.1. The number of nitrogens with zero attached hydrogens (tertiary/aromatic N) is 3. The SMILES string of the molecule is CC(C)Oc1ccc(C(=O)N2CCC3(CC2)c2ccc(C(=O)C4(C)CC4)n2CCN3C)cc1CO.[HH]. The lowest BCUT2D eigenvalue weighted by Gasteiger charge is -2.50. The van der Waals surface area contributed by atoms with Crippen LogP contribution in [0.5, 0.6) is 5.75 Å². The van der Waals surface area contributed by atoms with E-state index in [0.29, 0.717) is 30.0 Å². The molecule has 1 saturated heterocycles. The summed E-state index contributed by atoms with van der Waals surface area (Å²) in [4.78, 5) is 30.8. The maximum absolute atomic E-state index is 13.4. The van der Waals surface area contributed by atoms with Crippen LogP contribution in [0, 0.1) is 5.41 Å². The van der Waals surface area contributed by atoms with Gasteiger partial charge in [0.05, 0.1) is 23.9 Å². The van der Waals surface area contributed by atoms with Crippen molar-refractivity contribution >= 4 is 11.7 Å². The van der Waals surface area contributed by atoms with Crippen LogP contribution < -0.4 is 4.74 Å². The summed E-state index contributed by atoms with van der Waals surface area (Å²) < 4.78 is 8.02. The third kappa shape index (κ3) is 4.08. The molecule has 2 fully saturated rings. The zero-order valence-electron chi connectivity index (χ0n) is 21.3. The van der Waals surface area contributed by atoms with E-state index in [0.717, 1.165) is 44.5 Å². The monoisotopic (exact) mass is 481 g/mol. The Morgan fingerprint density at radius 2 is 1.77 bits per heavy atom. The molecule has 0 bridgehead atoms. The van der Waals surface area contributed by atoms with E-state index in [-0.39, 0.29) is 36.8 Å². The van der Waals surface area contributed by atoms with Crippen LogP contribution in [0.15, 0.2) is 30.3 Å². The number of Topliss-reactive ketones (excluding diaryl/α,β-unsaturated/α-hetero) is 1. The second kappa shape index (κ2) is 8.79. The van der Waals surface area contributed by atoms with E-state index in [1.807, 2.05) is 24.8 Å². The van der Waals surface area contributed by atoms with Crippen molar-refractivity contribution in [2.75, 3.05) is 26.7 Å². The minimum absolute atomic E-state index is 0. The van der Waals surface area contributed by atoms with Crippen LogP contribution in [0.4, 0.5) is 0 Å². The minimum Gasteiger partial charge on any atom is -0.491 e. The smallest absolute Gasteiger partial charge is 0.253 e. The number of amides is 1. The molecule has 2 aromatic rings. The van der Waals surface area contributed by atoms with Crippen molar-refractivity contribution in [1.29, 1.82) is 0 Å². The van der Waals surface area contributed by atoms with E-state index < -0.39 is 0 Å². The van der Waals surface area contributed by atoms with Gasteiger partial charge in [0, 0.05) is 49.8 Å². The molecule has 7 heteroatoms. The molecule has 3 heterocycles. The number of carbonyl (C=O) groups is 2. The summed E-state index contributed by atoms with van der Waals surface area (Å²) in [7, 11) is 2.17. The van der Waals surface area contributed by atoms with Gasteiger partial charge in [0.2, 0.25) is 0 Å². The number of rotatable bonds is 6. The standard InChI is InChI=1S/C28H37N3O4.H2/c1-19(2)35-23-7-5-20(17-21(23)18-32)26(34)30-13-11-28(12-14-30)24-8-6-22(25(33)27(3)9-10-27)31(24)16-15-29(28)4;/h5-8,17,19,32H,9-16,18H2,1-4H3;1H. The quantitative estimate of drug-likeness (QED) is 0.630. The number of aliphatic hydroxyl groups is 1. The van der Waals surface area contributed by atoms with Gasteiger partial charge in [-0.05, 0) is 76.9 Å². The zero-order valence-corrected chi connectivity index (χ0v) is 21.3. The van der Waals surface area contributed by atoms with Gasteiger partial charge in [-0.1, -0.05) is 6.92 Å². The molecule has 35 heavy (non-hydrogen) atoms. The van der Waals surface area contributed by atoms with Gasteiger partial charge in [0.15, 0.2) is 5.78 Å². The zero-order chi connectivity index (χ0) is 25.0. The van der Waals surface area contributed by atoms with Crippen molar-refractivity contribution in [2.24, 2.45) is 5.41 Å². The summed E-state index contributed by atoms with van der Waals surface area (Å²) in [5.74, 6) is 0.879. The van der Waals surface area contributed by atoms with Gasteiger partial charge in [-0.25, -0.2) is 0 Å². The fourth-order valence-electron chi connectivity index (χ4n) is 5.80. The van der Waals surface area contributed by atoms with Crippen LogP contribution in [0.2, 0.25) is 0 Å². The van der Waals surface area contributed by atoms with Crippen LogP contribution >= 0.6 is 0 Å². The third-order valence-corrected chi connectivity index (χ3v) is 8.35. The van der Waals surface area contributed by atoms with E-state index in [1.165, 1.54) is 5.69 Å². The molecule has 190 valence electrons. The predicted octanol–water partition coefficient (Wildman–Crippen LogP) is 4.07. The summed E-state index contributed by atoms with van der Waals surface area (Å²) in [5.41, 5.74) is 2.93. The number of hydrogen-bond donors (Lipinski definition) is 1. The maximum Gasteiger partial charge on any atom is 0.253 e. The molecule has 5 rings (SSSR count). The molecular formula is C28H39N3O4. The van der Waals surface area contributed by atoms with E-state index in [2.05, 4.69) is 29.5 Å². The second-order valence-corrected chi connectivity index (χ2v) is 11.0. The van der Waals surface area contributed by atoms with Crippen LogP contribution in [0.25, 0.3) is 0 Å². The number of benzene rings is 1. The molecule has 2 aliphatic heterocycles. The largest absolute Gasteiger partial charge is 0.491 e. The first-order chi connectivity index (χ1) is 16.7. The number of piperidine rings is 1. The topological polar surface area (TPSA) is 75.0 Å². The number of aromatic nitrogens is 1. The van der Waals surface area contributed by atoms with Crippen molar-refractivity contribution in [2.45, 2.75) is 71.2 Å². The Bertz CT molecular complexity index is 1150. The molecule has 1 aromatic carbocycles. The van der Waals surface area contributed by atoms with Crippen LogP contribution in [0.1, 0.15) is 80.0 Å². The summed E-state index contributed by atoms with van der Waals surface area (Å²) in [6, 6.07) is 9.49. The van der Waals surface area contributed by atoms with Gasteiger partial charge in [-0.15, -0.1) is 0 Å². The summed E-state index contributed by atoms with van der Waals surface area (Å²) in [5, 5.41) is 9.79. The number of likely N-dealkylation sites (N-methyl/N-ethyl adjacent to an activating group) is 1. The molecule has 0 unspecified atom stereocenters. The van der Waals surface area contributed by atoms with Crippen LogP contribution in [-0.4, -0.2) is 63.9 Å². The number of ether oxygens (including phenoxy) is 1. The van der Waals surface area contributed by atoms with Gasteiger partial charge < -0.3 is 19.3 Å². The molecule has 0 radical (unpaired) electrons. The lowest BCUT2D eigenvalue weighted by molar-refractivity contribution is 0.0127. The number of hydrogen-bond acceptors (Lipinski definition) is 5. The summed E-state index contributed by atoms with van der Waals surface area (Å²) in [6.07, 6.45) is 3.61. The Labute approximate surface area is 209 Å². The van der Waals surface area contributed by atoms with Crippen molar-refractivity contribution in [3.8, 4) is 5.75 Å². The average molecular weight is 482 g/mol. The highest BCUT2D eigenvalue weighted by molar-refractivity contribution is 6.01. The van der Waals surface area contributed by atoms with Crippen molar-refractivity contribution < 1.29 is 20.9 Å². The molecule has 1 aromatic heterocycles. The highest BCUT2D eigenvalue weighted by Gasteiger charge is 2.49. The molecule has 1 amide bonds.